The molecule has 0 aromatic carbocycles. The number of hydrogen-bond acceptors (Lipinski definition) is 4. The first kappa shape index (κ1) is 12.5. The van der Waals surface area contributed by atoms with Crippen molar-refractivity contribution < 1.29 is 20.1 Å². The van der Waals surface area contributed by atoms with E-state index in [1.807, 2.05) is 6.08 Å². The third-order valence-electron chi connectivity index (χ3n) is 4.29. The second-order valence-corrected chi connectivity index (χ2v) is 5.30. The molecule has 4 unspecified atom stereocenters. The van der Waals surface area contributed by atoms with Crippen molar-refractivity contribution in [2.75, 3.05) is 0 Å². The molecule has 2 aliphatic rings. The Morgan fingerprint density at radius 2 is 2.06 bits per heavy atom. The van der Waals surface area contributed by atoms with Gasteiger partial charge in [-0.25, -0.2) is 0 Å². The lowest BCUT2D eigenvalue weighted by Crippen LogP contribution is -2.66. The SMILES string of the molecule is CC(O)[C@](N)(C(=O)O)[C@@H](O)C1CC2C=CC1C2. The fourth-order valence-corrected chi connectivity index (χ4v) is 3.09. The number of aliphatic carboxylic acids is 1. The van der Waals surface area contributed by atoms with E-state index in [-0.39, 0.29) is 11.8 Å². The van der Waals surface area contributed by atoms with Crippen LogP contribution in [0, 0.1) is 17.8 Å². The maximum absolute atomic E-state index is 11.2. The number of nitrogens with two attached hydrogens (primary N) is 1. The highest BCUT2D eigenvalue weighted by atomic mass is 16.4. The molecule has 2 aliphatic carbocycles. The molecule has 0 heterocycles. The van der Waals surface area contributed by atoms with Crippen LogP contribution in [-0.2, 0) is 4.79 Å². The van der Waals surface area contributed by atoms with Crippen LogP contribution in [0.3, 0.4) is 0 Å². The van der Waals surface area contributed by atoms with E-state index in [1.54, 1.807) is 0 Å². The zero-order valence-electron chi connectivity index (χ0n) is 9.78. The van der Waals surface area contributed by atoms with Gasteiger partial charge in [0.1, 0.15) is 0 Å². The Morgan fingerprint density at radius 1 is 1.41 bits per heavy atom. The van der Waals surface area contributed by atoms with Crippen molar-refractivity contribution in [3.8, 4) is 0 Å². The monoisotopic (exact) mass is 241 g/mol. The summed E-state index contributed by atoms with van der Waals surface area (Å²) in [7, 11) is 0. The lowest BCUT2D eigenvalue weighted by atomic mass is 9.76. The van der Waals surface area contributed by atoms with Crippen LogP contribution < -0.4 is 5.73 Å². The number of fused-ring (bicyclic) bond motifs is 2. The van der Waals surface area contributed by atoms with E-state index < -0.39 is 23.7 Å². The van der Waals surface area contributed by atoms with Gasteiger partial charge in [-0.15, -0.1) is 0 Å². The van der Waals surface area contributed by atoms with Crippen molar-refractivity contribution >= 4 is 5.97 Å². The van der Waals surface area contributed by atoms with Crippen LogP contribution in [-0.4, -0.2) is 39.0 Å². The minimum atomic E-state index is -1.98. The first-order valence-corrected chi connectivity index (χ1v) is 5.94. The summed E-state index contributed by atoms with van der Waals surface area (Å²) >= 11 is 0. The van der Waals surface area contributed by atoms with Gasteiger partial charge in [0.15, 0.2) is 5.54 Å². The number of carbonyl (C=O) groups is 1. The molecule has 0 aromatic heterocycles. The van der Waals surface area contributed by atoms with E-state index in [9.17, 15) is 15.0 Å². The molecule has 1 fully saturated rings. The molecule has 5 N–H and O–H groups in total. The molecule has 0 radical (unpaired) electrons. The van der Waals surface area contributed by atoms with Crippen molar-refractivity contribution in [2.24, 2.45) is 23.5 Å². The fraction of sp³-hybridized carbons (Fsp3) is 0.750. The number of allylic oxidation sites excluding steroid dienone is 2. The Morgan fingerprint density at radius 3 is 2.41 bits per heavy atom. The van der Waals surface area contributed by atoms with Gasteiger partial charge in [-0.3, -0.25) is 4.79 Å². The highest BCUT2D eigenvalue weighted by molar-refractivity contribution is 5.80. The molecule has 6 atom stereocenters. The van der Waals surface area contributed by atoms with Crippen LogP contribution >= 0.6 is 0 Å². The molecule has 5 heteroatoms. The van der Waals surface area contributed by atoms with Crippen LogP contribution in [0.5, 0.6) is 0 Å². The van der Waals surface area contributed by atoms with Gasteiger partial charge in [0.25, 0.3) is 0 Å². The Balaban J connectivity index is 2.21. The van der Waals surface area contributed by atoms with Crippen molar-refractivity contribution in [2.45, 2.75) is 37.5 Å². The Hall–Kier alpha value is -0.910. The summed E-state index contributed by atoms with van der Waals surface area (Å²) < 4.78 is 0. The number of aliphatic hydroxyl groups is 2. The largest absolute Gasteiger partial charge is 0.480 e. The minimum Gasteiger partial charge on any atom is -0.480 e. The molecule has 0 spiro atoms. The summed E-state index contributed by atoms with van der Waals surface area (Å²) in [6.07, 6.45) is 3.32. The van der Waals surface area contributed by atoms with Gasteiger partial charge in [0.2, 0.25) is 0 Å². The molecule has 96 valence electrons. The van der Waals surface area contributed by atoms with Gasteiger partial charge in [-0.05, 0) is 37.5 Å². The zero-order valence-corrected chi connectivity index (χ0v) is 9.78. The number of aliphatic hydroxyl groups excluding tert-OH is 2. The molecule has 5 nitrogen and oxygen atoms in total. The molecule has 0 amide bonds. The summed E-state index contributed by atoms with van der Waals surface area (Å²) in [5, 5.41) is 28.9. The minimum absolute atomic E-state index is 0.166. The summed E-state index contributed by atoms with van der Waals surface area (Å²) in [6.45, 7) is 1.31. The van der Waals surface area contributed by atoms with Crippen molar-refractivity contribution in [1.82, 2.24) is 0 Å². The average molecular weight is 241 g/mol. The molecule has 0 aromatic rings. The molecule has 2 bridgehead atoms. The van der Waals surface area contributed by atoms with Crippen molar-refractivity contribution in [1.29, 1.82) is 0 Å². The van der Waals surface area contributed by atoms with E-state index in [2.05, 4.69) is 6.08 Å². The first-order valence-electron chi connectivity index (χ1n) is 5.94. The van der Waals surface area contributed by atoms with Gasteiger partial charge in [0.05, 0.1) is 12.2 Å². The van der Waals surface area contributed by atoms with Crippen LogP contribution in [0.15, 0.2) is 12.2 Å². The van der Waals surface area contributed by atoms with Gasteiger partial charge in [0, 0.05) is 0 Å². The van der Waals surface area contributed by atoms with Gasteiger partial charge >= 0.3 is 5.97 Å². The smallest absolute Gasteiger partial charge is 0.329 e. The number of hydrogen-bond donors (Lipinski definition) is 4. The normalized spacial score (nSPS) is 37.8. The molecule has 1 saturated carbocycles. The van der Waals surface area contributed by atoms with Gasteiger partial charge in [-0.1, -0.05) is 12.2 Å². The third-order valence-corrected chi connectivity index (χ3v) is 4.29. The summed E-state index contributed by atoms with van der Waals surface area (Å²) in [4.78, 5) is 11.2. The topological polar surface area (TPSA) is 104 Å². The molecule has 17 heavy (non-hydrogen) atoms. The van der Waals surface area contributed by atoms with E-state index in [0.29, 0.717) is 5.92 Å². The van der Waals surface area contributed by atoms with Crippen LogP contribution in [0.1, 0.15) is 19.8 Å². The Bertz CT molecular complexity index is 354. The summed E-state index contributed by atoms with van der Waals surface area (Å²) in [5.41, 5.74) is 3.73. The number of carboxylic acids is 1. The van der Waals surface area contributed by atoms with E-state index in [0.717, 1.165) is 12.8 Å². The second kappa shape index (κ2) is 4.08. The quantitative estimate of drug-likeness (QED) is 0.507. The standard InChI is InChI=1S/C12H19NO4/c1-6(14)12(13,11(16)17)10(15)9-5-7-2-3-8(9)4-7/h2-3,6-10,14-15H,4-5,13H2,1H3,(H,16,17)/t6?,7?,8?,9?,10-,12+/m0/s1. The van der Waals surface area contributed by atoms with Gasteiger partial charge in [-0.2, -0.15) is 0 Å². The van der Waals surface area contributed by atoms with Crippen LogP contribution in [0.25, 0.3) is 0 Å². The lowest BCUT2D eigenvalue weighted by molar-refractivity contribution is -0.157. The molecular weight excluding hydrogens is 222 g/mol. The molecule has 0 aliphatic heterocycles. The highest BCUT2D eigenvalue weighted by Gasteiger charge is 2.53. The maximum Gasteiger partial charge on any atom is 0.329 e. The van der Waals surface area contributed by atoms with Crippen LogP contribution in [0.4, 0.5) is 0 Å². The highest BCUT2D eigenvalue weighted by Crippen LogP contribution is 2.46. The predicted octanol–water partition coefficient (Wildman–Crippen LogP) is -0.278. The summed E-state index contributed by atoms with van der Waals surface area (Å²) in [6, 6.07) is 0. The maximum atomic E-state index is 11.2. The van der Waals surface area contributed by atoms with Gasteiger partial charge < -0.3 is 21.1 Å². The van der Waals surface area contributed by atoms with E-state index in [1.165, 1.54) is 6.92 Å². The molecule has 0 saturated heterocycles. The van der Waals surface area contributed by atoms with Crippen molar-refractivity contribution in [3.05, 3.63) is 12.2 Å². The number of carboxylic acid groups (broad SMARTS) is 1. The lowest BCUT2D eigenvalue weighted by Gasteiger charge is -2.37. The third kappa shape index (κ3) is 1.78. The van der Waals surface area contributed by atoms with Crippen LogP contribution in [0.2, 0.25) is 0 Å². The second-order valence-electron chi connectivity index (χ2n) is 5.30. The first-order chi connectivity index (χ1) is 7.87. The Labute approximate surface area is 99.9 Å². The van der Waals surface area contributed by atoms with Crippen molar-refractivity contribution in [3.63, 3.8) is 0 Å². The summed E-state index contributed by atoms with van der Waals surface area (Å²) in [5.74, 6) is -0.907. The Kier molecular flexibility index (Phi) is 3.01. The van der Waals surface area contributed by atoms with E-state index in [4.69, 9.17) is 10.8 Å². The number of rotatable bonds is 4. The zero-order chi connectivity index (χ0) is 12.8. The predicted molar refractivity (Wildman–Crippen MR) is 61.1 cm³/mol. The van der Waals surface area contributed by atoms with E-state index >= 15 is 0 Å². The average Bonchev–Trinajstić information content (AvgIpc) is 2.87. The fourth-order valence-electron chi connectivity index (χ4n) is 3.09. The molecular formula is C12H19NO4. The molecule has 2 rings (SSSR count).